The highest BCUT2D eigenvalue weighted by Gasteiger charge is 2.34. The van der Waals surface area contributed by atoms with Gasteiger partial charge >= 0.3 is 0 Å². The summed E-state index contributed by atoms with van der Waals surface area (Å²) in [5, 5.41) is 7.96. The number of aromatic amines is 1. The van der Waals surface area contributed by atoms with Crippen LogP contribution in [0.15, 0.2) is 48.8 Å². The van der Waals surface area contributed by atoms with E-state index in [1.165, 1.54) is 5.56 Å². The molecule has 1 aromatic carbocycles. The quantitative estimate of drug-likeness (QED) is 0.431. The first-order chi connectivity index (χ1) is 17.7. The molecule has 9 nitrogen and oxygen atoms in total. The maximum atomic E-state index is 12.3. The van der Waals surface area contributed by atoms with Crippen molar-refractivity contribution in [2.75, 3.05) is 33.3 Å². The molecular formula is C27H29N7O2. The molecule has 36 heavy (non-hydrogen) atoms. The third-order valence-electron chi connectivity index (χ3n) is 6.97. The summed E-state index contributed by atoms with van der Waals surface area (Å²) < 4.78 is 5.36. The van der Waals surface area contributed by atoms with Crippen LogP contribution in [0.2, 0.25) is 0 Å². The molecule has 1 saturated heterocycles. The molecule has 1 saturated carbocycles. The molecule has 9 heteroatoms. The summed E-state index contributed by atoms with van der Waals surface area (Å²) in [6, 6.07) is 12.2. The van der Waals surface area contributed by atoms with Crippen LogP contribution in [0.1, 0.15) is 29.9 Å². The number of piperazine rings is 1. The molecule has 6 rings (SSSR count). The van der Waals surface area contributed by atoms with Crippen molar-refractivity contribution in [2.45, 2.75) is 25.8 Å². The van der Waals surface area contributed by atoms with Crippen molar-refractivity contribution in [1.29, 1.82) is 0 Å². The molecule has 4 aromatic rings. The first-order valence-corrected chi connectivity index (χ1v) is 12.5. The third-order valence-corrected chi connectivity index (χ3v) is 6.97. The van der Waals surface area contributed by atoms with E-state index in [1.54, 1.807) is 13.3 Å². The largest absolute Gasteiger partial charge is 0.479 e. The Kier molecular flexibility index (Phi) is 6.06. The predicted octanol–water partition coefficient (Wildman–Crippen LogP) is 3.07. The number of hydrogen-bond donors (Lipinski definition) is 1. The normalized spacial score (nSPS) is 16.4. The van der Waals surface area contributed by atoms with Crippen LogP contribution >= 0.6 is 0 Å². The number of rotatable bonds is 7. The Balaban J connectivity index is 1.12. The van der Waals surface area contributed by atoms with Gasteiger partial charge in [-0.2, -0.15) is 5.10 Å². The van der Waals surface area contributed by atoms with Gasteiger partial charge < -0.3 is 14.6 Å². The summed E-state index contributed by atoms with van der Waals surface area (Å²) >= 11 is 0. The molecule has 184 valence electrons. The maximum Gasteiger partial charge on any atom is 0.241 e. The zero-order chi connectivity index (χ0) is 24.5. The van der Waals surface area contributed by atoms with E-state index in [4.69, 9.17) is 9.72 Å². The first kappa shape index (κ1) is 22.6. The van der Waals surface area contributed by atoms with Gasteiger partial charge in [0.2, 0.25) is 11.8 Å². The summed E-state index contributed by atoms with van der Waals surface area (Å²) in [7, 11) is 1.59. The van der Waals surface area contributed by atoms with E-state index in [0.717, 1.165) is 79.2 Å². The van der Waals surface area contributed by atoms with Gasteiger partial charge in [0.05, 0.1) is 24.3 Å². The number of amides is 1. The number of benzene rings is 1. The van der Waals surface area contributed by atoms with E-state index in [9.17, 15) is 4.79 Å². The zero-order valence-corrected chi connectivity index (χ0v) is 20.4. The predicted molar refractivity (Wildman–Crippen MR) is 135 cm³/mol. The van der Waals surface area contributed by atoms with Gasteiger partial charge in [0, 0.05) is 62.5 Å². The number of hydrogen-bond acceptors (Lipinski definition) is 7. The molecule has 0 bridgehead atoms. The number of methoxy groups -OCH3 is 1. The van der Waals surface area contributed by atoms with Gasteiger partial charge in [0.25, 0.3) is 0 Å². The number of H-pyrrole nitrogens is 1. The number of fused-ring (bicyclic) bond motifs is 1. The Hall–Kier alpha value is -3.85. The minimum atomic E-state index is 0.305. The second-order valence-corrected chi connectivity index (χ2v) is 9.58. The standard InChI is InChI=1S/C27H29N7O2/c1-36-26-22(7-9-29-32-26)20-4-5-23-24(15-20)31-25(30-23)16-21-14-18(6-8-28-21)17-33-10-12-34(13-11-33)27(35)19-2-3-19/h4-9,14-15,19H,2-3,10-13,16-17H2,1H3,(H,30,31). The van der Waals surface area contributed by atoms with E-state index in [-0.39, 0.29) is 0 Å². The van der Waals surface area contributed by atoms with Crippen LogP contribution in [-0.4, -0.2) is 74.1 Å². The number of aromatic nitrogens is 5. The fourth-order valence-electron chi connectivity index (χ4n) is 4.87. The Morgan fingerprint density at radius 1 is 1.08 bits per heavy atom. The van der Waals surface area contributed by atoms with Crippen LogP contribution in [-0.2, 0) is 17.8 Å². The average molecular weight is 484 g/mol. The number of carbonyl (C=O) groups excluding carboxylic acids is 1. The number of nitrogens with one attached hydrogen (secondary N) is 1. The molecule has 0 spiro atoms. The highest BCUT2D eigenvalue weighted by atomic mass is 16.5. The second kappa shape index (κ2) is 9.66. The van der Waals surface area contributed by atoms with E-state index in [0.29, 0.717) is 24.1 Å². The fourth-order valence-corrected chi connectivity index (χ4v) is 4.87. The lowest BCUT2D eigenvalue weighted by Gasteiger charge is -2.35. The third kappa shape index (κ3) is 4.79. The Morgan fingerprint density at radius 2 is 1.94 bits per heavy atom. The highest BCUT2D eigenvalue weighted by Crippen LogP contribution is 2.31. The van der Waals surface area contributed by atoms with Gasteiger partial charge in [-0.3, -0.25) is 14.7 Å². The van der Waals surface area contributed by atoms with Gasteiger partial charge in [-0.25, -0.2) is 4.98 Å². The van der Waals surface area contributed by atoms with E-state index in [1.807, 2.05) is 29.3 Å². The van der Waals surface area contributed by atoms with E-state index < -0.39 is 0 Å². The fraction of sp³-hybridized carbons (Fsp3) is 0.370. The Morgan fingerprint density at radius 3 is 2.75 bits per heavy atom. The minimum Gasteiger partial charge on any atom is -0.479 e. The van der Waals surface area contributed by atoms with E-state index in [2.05, 4.69) is 43.3 Å². The van der Waals surface area contributed by atoms with Crippen LogP contribution in [0, 0.1) is 5.92 Å². The van der Waals surface area contributed by atoms with E-state index >= 15 is 0 Å². The lowest BCUT2D eigenvalue weighted by Crippen LogP contribution is -2.48. The molecule has 1 N–H and O–H groups in total. The number of imidazole rings is 1. The van der Waals surface area contributed by atoms with Crippen LogP contribution in [0.4, 0.5) is 0 Å². The highest BCUT2D eigenvalue weighted by molar-refractivity contribution is 5.83. The lowest BCUT2D eigenvalue weighted by atomic mass is 10.1. The van der Waals surface area contributed by atoms with Gasteiger partial charge in [0.15, 0.2) is 0 Å². The average Bonchev–Trinajstić information content (AvgIpc) is 3.68. The van der Waals surface area contributed by atoms with Crippen molar-refractivity contribution in [3.63, 3.8) is 0 Å². The van der Waals surface area contributed by atoms with Crippen molar-refractivity contribution in [2.24, 2.45) is 5.92 Å². The SMILES string of the molecule is COc1nnccc1-c1ccc2nc(Cc3cc(CN4CCN(C(=O)C5CC5)CC4)ccn3)[nH]c2c1. The summed E-state index contributed by atoms with van der Waals surface area (Å²) in [6.45, 7) is 4.36. The zero-order valence-electron chi connectivity index (χ0n) is 20.4. The molecule has 3 aromatic heterocycles. The summed E-state index contributed by atoms with van der Waals surface area (Å²) in [4.78, 5) is 29.6. The Labute approximate surface area is 209 Å². The summed E-state index contributed by atoms with van der Waals surface area (Å²) in [5.74, 6) is 2.03. The monoisotopic (exact) mass is 483 g/mol. The summed E-state index contributed by atoms with van der Waals surface area (Å²) in [5.41, 5.74) is 5.95. The molecular weight excluding hydrogens is 454 g/mol. The van der Waals surface area contributed by atoms with Gasteiger partial charge in [-0.15, -0.1) is 5.10 Å². The van der Waals surface area contributed by atoms with Crippen LogP contribution in [0.25, 0.3) is 22.2 Å². The molecule has 2 aliphatic rings. The molecule has 1 aliphatic carbocycles. The molecule has 1 amide bonds. The van der Waals surface area contributed by atoms with Crippen LogP contribution in [0.5, 0.6) is 5.88 Å². The molecule has 0 atom stereocenters. The maximum absolute atomic E-state index is 12.3. The smallest absolute Gasteiger partial charge is 0.241 e. The lowest BCUT2D eigenvalue weighted by molar-refractivity contribution is -0.134. The van der Waals surface area contributed by atoms with Crippen molar-refractivity contribution in [3.05, 3.63) is 65.9 Å². The molecule has 0 radical (unpaired) electrons. The second-order valence-electron chi connectivity index (χ2n) is 9.58. The number of carbonyl (C=O) groups is 1. The molecule has 0 unspecified atom stereocenters. The van der Waals surface area contributed by atoms with Crippen molar-refractivity contribution in [1.82, 2.24) is 34.9 Å². The number of nitrogens with zero attached hydrogens (tertiary/aromatic N) is 6. The molecule has 1 aliphatic heterocycles. The van der Waals surface area contributed by atoms with Gasteiger partial charge in [-0.05, 0) is 54.3 Å². The van der Waals surface area contributed by atoms with Crippen LogP contribution in [0.3, 0.4) is 0 Å². The number of ether oxygens (including phenoxy) is 1. The number of pyridine rings is 1. The van der Waals surface area contributed by atoms with Gasteiger partial charge in [0.1, 0.15) is 5.82 Å². The van der Waals surface area contributed by atoms with Crippen LogP contribution < -0.4 is 4.74 Å². The molecule has 4 heterocycles. The van der Waals surface area contributed by atoms with Crippen molar-refractivity contribution < 1.29 is 9.53 Å². The summed E-state index contributed by atoms with van der Waals surface area (Å²) in [6.07, 6.45) is 6.31. The topological polar surface area (TPSA) is 100 Å². The van der Waals surface area contributed by atoms with Crippen molar-refractivity contribution >= 4 is 16.9 Å². The van der Waals surface area contributed by atoms with Gasteiger partial charge in [-0.1, -0.05) is 6.07 Å². The van der Waals surface area contributed by atoms with Crippen molar-refractivity contribution in [3.8, 4) is 17.0 Å². The Bertz CT molecular complexity index is 1390. The molecule has 2 fully saturated rings. The minimum absolute atomic E-state index is 0.305. The first-order valence-electron chi connectivity index (χ1n) is 12.5.